The number of thiophene rings is 1. The number of hydrogen-bond acceptors (Lipinski definition) is 1. The lowest BCUT2D eigenvalue weighted by Gasteiger charge is -1.95. The van der Waals surface area contributed by atoms with Crippen LogP contribution in [-0.2, 0) is 0 Å². The van der Waals surface area contributed by atoms with Crippen LogP contribution in [0.15, 0.2) is 17.5 Å². The van der Waals surface area contributed by atoms with Crippen LogP contribution >= 0.6 is 22.1 Å². The van der Waals surface area contributed by atoms with E-state index in [1.165, 1.54) is 12.1 Å². The molecule has 0 saturated heterocycles. The molecule has 1 aromatic heterocycles. The molecule has 1 unspecified atom stereocenters. The van der Waals surface area contributed by atoms with Crippen molar-refractivity contribution >= 4 is 27.2 Å². The summed E-state index contributed by atoms with van der Waals surface area (Å²) in [5, 5.41) is -0.643. The minimum Gasteiger partial charge on any atom is -0.220 e. The number of carbonyl (C=O) groups is 1. The Balaban J connectivity index is 3.01. The van der Waals surface area contributed by atoms with Crippen LogP contribution in [0.5, 0.6) is 0 Å². The van der Waals surface area contributed by atoms with Gasteiger partial charge in [-0.15, -0.1) is 0 Å². The van der Waals surface area contributed by atoms with Gasteiger partial charge in [-0.05, 0) is 17.7 Å². The Morgan fingerprint density at radius 3 is 2.42 bits per heavy atom. The fraction of sp³-hybridized carbons (Fsp3) is 0.167. The highest BCUT2D eigenvalue weighted by atomic mass is 35.5. The molecule has 1 nitrogen and oxygen atoms in total. The van der Waals surface area contributed by atoms with Gasteiger partial charge >= 0.3 is 11.3 Å². The van der Waals surface area contributed by atoms with E-state index in [9.17, 15) is 18.0 Å². The molecule has 0 bridgehead atoms. The van der Waals surface area contributed by atoms with Crippen molar-refractivity contribution in [2.75, 3.05) is 0 Å². The number of alkyl halides is 3. The molecule has 6 heteroatoms. The number of hydrogen-bond donors (Lipinski definition) is 0. The Hall–Kier alpha value is -0.550. The Morgan fingerprint density at radius 1 is 1.50 bits per heavy atom. The Kier molecular flexibility index (Phi) is 2.44. The summed E-state index contributed by atoms with van der Waals surface area (Å²) in [6.45, 7) is 0. The smallest absolute Gasteiger partial charge is 0.220 e. The molecule has 0 amide bonds. The van der Waals surface area contributed by atoms with Gasteiger partial charge in [0.2, 0.25) is 4.34 Å². The fourth-order valence-electron chi connectivity index (χ4n) is 0.607. The van der Waals surface area contributed by atoms with Crippen molar-refractivity contribution < 1.29 is 18.0 Å². The van der Waals surface area contributed by atoms with Crippen molar-refractivity contribution in [2.24, 2.45) is 0 Å². The molecule has 0 aliphatic rings. The first kappa shape index (κ1) is 9.54. The largest absolute Gasteiger partial charge is 0.508 e. The predicted molar refractivity (Wildman–Crippen MR) is 40.6 cm³/mol. The fourth-order valence-corrected chi connectivity index (χ4v) is 2.19. The maximum absolute atomic E-state index is 11.8. The molecule has 1 atom stereocenters. The van der Waals surface area contributed by atoms with Gasteiger partial charge in [0.25, 0.3) is 0 Å². The van der Waals surface area contributed by atoms with Gasteiger partial charge in [0.15, 0.2) is 0 Å². The van der Waals surface area contributed by atoms with E-state index in [4.69, 9.17) is 11.6 Å². The second-order valence-electron chi connectivity index (χ2n) is 1.92. The molecule has 0 aromatic carbocycles. The predicted octanol–water partition coefficient (Wildman–Crippen LogP) is 3.29. The van der Waals surface area contributed by atoms with E-state index in [-0.39, 0.29) is 4.34 Å². The van der Waals surface area contributed by atoms with Gasteiger partial charge in [-0.1, -0.05) is 0 Å². The maximum Gasteiger partial charge on any atom is 0.508 e. The first-order chi connectivity index (χ1) is 5.43. The van der Waals surface area contributed by atoms with Crippen molar-refractivity contribution in [3.63, 3.8) is 0 Å². The minimum absolute atomic E-state index is 0.0580. The summed E-state index contributed by atoms with van der Waals surface area (Å²) >= 11 is 5.37. The lowest BCUT2D eigenvalue weighted by molar-refractivity contribution is -0.0844. The molecule has 66 valence electrons. The molecule has 1 heterocycles. The van der Waals surface area contributed by atoms with E-state index in [2.05, 4.69) is 0 Å². The molecular weight excluding hydrogens is 213 g/mol. The average molecular weight is 216 g/mol. The van der Waals surface area contributed by atoms with Crippen molar-refractivity contribution in [3.8, 4) is 0 Å². The van der Waals surface area contributed by atoms with Crippen LogP contribution in [0.1, 0.15) is 4.79 Å². The monoisotopic (exact) mass is 215 g/mol. The Labute approximate surface area is 73.7 Å². The van der Waals surface area contributed by atoms with Gasteiger partial charge in [0.1, 0.15) is 5.38 Å². The summed E-state index contributed by atoms with van der Waals surface area (Å²) in [4.78, 5) is 10.6. The van der Waals surface area contributed by atoms with Crippen LogP contribution < -0.4 is 0 Å². The summed E-state index contributed by atoms with van der Waals surface area (Å²) in [5.74, 6) is 0. The lowest BCUT2D eigenvalue weighted by Crippen LogP contribution is -2.18. The maximum atomic E-state index is 11.8. The number of carbonyl (C=O) groups excluding carboxylic acids is 1. The summed E-state index contributed by atoms with van der Waals surface area (Å²) in [5.41, 5.74) is 0. The molecule has 1 aromatic rings. The van der Waals surface area contributed by atoms with Gasteiger partial charge in [0.05, 0.1) is 10.5 Å². The van der Waals surface area contributed by atoms with E-state index >= 15 is 0 Å². The van der Waals surface area contributed by atoms with Gasteiger partial charge in [-0.2, -0.15) is 13.2 Å². The quantitative estimate of drug-likeness (QED) is 0.657. The van der Waals surface area contributed by atoms with Crippen LogP contribution in [0, 0.1) is 0 Å². The summed E-state index contributed by atoms with van der Waals surface area (Å²) in [6.07, 6.45) is -4.80. The van der Waals surface area contributed by atoms with Crippen LogP contribution in [0.2, 0.25) is 4.34 Å². The number of rotatable bonds is 1. The number of halogens is 4. The molecule has 1 rings (SSSR count). The molecule has 0 fully saturated rings. The highest BCUT2D eigenvalue weighted by Crippen LogP contribution is 2.36. The molecule has 0 saturated carbocycles. The van der Waals surface area contributed by atoms with Gasteiger partial charge in [-0.3, -0.25) is 0 Å². The standard InChI is InChI=1S/C6H3ClF3OS/c7-4-2-1-3-12(4)5(11)6(8,9)10/h1-3H/q+1. The van der Waals surface area contributed by atoms with Crippen molar-refractivity contribution in [3.05, 3.63) is 21.8 Å². The highest BCUT2D eigenvalue weighted by Gasteiger charge is 2.48. The third-order valence-electron chi connectivity index (χ3n) is 1.08. The third-order valence-corrected chi connectivity index (χ3v) is 3.32. The normalized spacial score (nSPS) is 13.2. The molecule has 0 aliphatic heterocycles. The van der Waals surface area contributed by atoms with E-state index in [0.29, 0.717) is 0 Å². The second kappa shape index (κ2) is 3.06. The first-order valence-electron chi connectivity index (χ1n) is 2.81. The van der Waals surface area contributed by atoms with E-state index in [1.807, 2.05) is 0 Å². The minimum atomic E-state index is -4.80. The van der Waals surface area contributed by atoms with Crippen LogP contribution in [0.25, 0.3) is 0 Å². The van der Waals surface area contributed by atoms with Crippen molar-refractivity contribution in [1.29, 1.82) is 0 Å². The third kappa shape index (κ3) is 1.78. The Morgan fingerprint density at radius 2 is 2.08 bits per heavy atom. The lowest BCUT2D eigenvalue weighted by atomic mass is 10.7. The highest BCUT2D eigenvalue weighted by molar-refractivity contribution is 7.52. The van der Waals surface area contributed by atoms with E-state index < -0.39 is 21.8 Å². The molecule has 12 heavy (non-hydrogen) atoms. The molecule has 0 N–H and O–H groups in total. The summed E-state index contributed by atoms with van der Waals surface area (Å²) in [7, 11) is -1.60. The summed E-state index contributed by atoms with van der Waals surface area (Å²) in [6, 6.07) is 2.63. The van der Waals surface area contributed by atoms with Crippen molar-refractivity contribution in [2.45, 2.75) is 6.18 Å². The van der Waals surface area contributed by atoms with Gasteiger partial charge < -0.3 is 0 Å². The van der Waals surface area contributed by atoms with Crippen LogP contribution in [-0.4, -0.2) is 11.3 Å². The average Bonchev–Trinajstić information content (AvgIpc) is 2.31. The summed E-state index contributed by atoms with van der Waals surface area (Å²) < 4.78 is 35.4. The Bertz CT molecular complexity index is 304. The van der Waals surface area contributed by atoms with Crippen LogP contribution in [0.4, 0.5) is 13.2 Å². The zero-order chi connectivity index (χ0) is 9.35. The SMILES string of the molecule is O=C([s+]1cccc1Cl)C(F)(F)F. The second-order valence-corrected chi connectivity index (χ2v) is 4.31. The van der Waals surface area contributed by atoms with Gasteiger partial charge in [0, 0.05) is 6.07 Å². The van der Waals surface area contributed by atoms with Gasteiger partial charge in [-0.25, -0.2) is 4.79 Å². The zero-order valence-electron chi connectivity index (χ0n) is 5.56. The molecule has 0 spiro atoms. The topological polar surface area (TPSA) is 17.1 Å². The van der Waals surface area contributed by atoms with E-state index in [0.717, 1.165) is 5.38 Å². The molecular formula is C6H3ClF3OS+. The first-order valence-corrected chi connectivity index (χ1v) is 4.48. The molecule has 0 radical (unpaired) electrons. The van der Waals surface area contributed by atoms with Crippen molar-refractivity contribution in [1.82, 2.24) is 0 Å². The zero-order valence-corrected chi connectivity index (χ0v) is 7.13. The molecule has 0 aliphatic carbocycles. The van der Waals surface area contributed by atoms with E-state index in [1.54, 1.807) is 0 Å². The van der Waals surface area contributed by atoms with Crippen LogP contribution in [0.3, 0.4) is 0 Å².